The van der Waals surface area contributed by atoms with Crippen LogP contribution in [0.1, 0.15) is 52.5 Å². The lowest BCUT2D eigenvalue weighted by Gasteiger charge is -2.74. The number of hydrogen-bond acceptors (Lipinski definition) is 2. The van der Waals surface area contributed by atoms with Crippen molar-refractivity contribution in [3.05, 3.63) is 35.4 Å². The van der Waals surface area contributed by atoms with Gasteiger partial charge in [0.2, 0.25) is 0 Å². The van der Waals surface area contributed by atoms with Crippen LogP contribution in [0.5, 0.6) is 0 Å². The van der Waals surface area contributed by atoms with Gasteiger partial charge >= 0.3 is 6.92 Å². The predicted octanol–water partition coefficient (Wildman–Crippen LogP) is 5.58. The molecule has 0 N–H and O–H groups in total. The summed E-state index contributed by atoms with van der Waals surface area (Å²) in [5.74, 6) is -4.96. The van der Waals surface area contributed by atoms with Gasteiger partial charge in [-0.3, -0.25) is 0 Å². The summed E-state index contributed by atoms with van der Waals surface area (Å²) in [5, 5.41) is -0.202. The molecule has 2 saturated heterocycles. The third-order valence-corrected chi connectivity index (χ3v) is 8.49. The summed E-state index contributed by atoms with van der Waals surface area (Å²) in [6.07, 6.45) is 1.98. The second kappa shape index (κ2) is 4.97. The average Bonchev–Trinajstić information content (AvgIpc) is 3.20. The topological polar surface area (TPSA) is 21.8 Å². The van der Waals surface area contributed by atoms with Crippen molar-refractivity contribution in [2.24, 2.45) is 10.8 Å². The van der Waals surface area contributed by atoms with E-state index in [0.717, 1.165) is 18.5 Å². The van der Waals surface area contributed by atoms with Gasteiger partial charge in [0.1, 0.15) is 11.6 Å². The monoisotopic (exact) mass is 396 g/mol. The van der Waals surface area contributed by atoms with Gasteiger partial charge in [-0.05, 0) is 62.3 Å². The smallest absolute Gasteiger partial charge is 0.300 e. The quantitative estimate of drug-likeness (QED) is 0.377. The lowest BCUT2D eigenvalue weighted by molar-refractivity contribution is -0.288. The van der Waals surface area contributed by atoms with Crippen LogP contribution in [0.4, 0.5) is 17.6 Å². The fourth-order valence-corrected chi connectivity index (χ4v) is 5.97. The Hall–Kier alpha value is -1.08. The van der Waals surface area contributed by atoms with Crippen LogP contribution in [0, 0.1) is 22.5 Å². The van der Waals surface area contributed by atoms with Crippen LogP contribution in [0.25, 0.3) is 0 Å². The number of ether oxygens (including phenoxy) is 1. The number of halogens is 4. The molecule has 0 spiro atoms. The molecular formula is C21H25BF4O2. The number of alkyl halides is 2. The fourth-order valence-electron chi connectivity index (χ4n) is 5.97. The molecule has 2 nitrogen and oxygen atoms in total. The third-order valence-electron chi connectivity index (χ3n) is 8.49. The Morgan fingerprint density at radius 2 is 1.64 bits per heavy atom. The summed E-state index contributed by atoms with van der Waals surface area (Å²) in [4.78, 5) is 0. The molecule has 5 fully saturated rings. The highest BCUT2D eigenvalue weighted by molar-refractivity contribution is 6.58. The Morgan fingerprint density at radius 1 is 1.04 bits per heavy atom. The Labute approximate surface area is 163 Å². The first-order valence-electron chi connectivity index (χ1n) is 9.95. The first-order chi connectivity index (χ1) is 12.8. The highest BCUT2D eigenvalue weighted by Crippen LogP contribution is 2.87. The molecule has 1 atom stereocenters. The van der Waals surface area contributed by atoms with Gasteiger partial charge in [0.05, 0.1) is 12.2 Å². The molecule has 5 aliphatic rings. The molecule has 152 valence electrons. The second-order valence-corrected chi connectivity index (χ2v) is 10.7. The van der Waals surface area contributed by atoms with E-state index < -0.39 is 28.6 Å². The maximum atomic E-state index is 15.6. The Bertz CT molecular complexity index is 826. The van der Waals surface area contributed by atoms with Crippen LogP contribution < -0.4 is 0 Å². The van der Waals surface area contributed by atoms with Gasteiger partial charge in [0.15, 0.2) is 5.60 Å². The fraction of sp³-hybridized carbons (Fsp3) is 0.714. The van der Waals surface area contributed by atoms with Crippen LogP contribution >= 0.6 is 0 Å². The summed E-state index contributed by atoms with van der Waals surface area (Å²) in [6, 6.07) is 2.75. The van der Waals surface area contributed by atoms with Crippen molar-refractivity contribution in [3.8, 4) is 0 Å². The van der Waals surface area contributed by atoms with Crippen molar-refractivity contribution < 1.29 is 27.0 Å². The molecule has 1 aromatic carbocycles. The molecule has 28 heavy (non-hydrogen) atoms. The first kappa shape index (κ1) is 18.9. The minimum Gasteiger partial charge on any atom is -0.430 e. The van der Waals surface area contributed by atoms with Crippen LogP contribution in [-0.4, -0.2) is 25.0 Å². The molecule has 7 heteroatoms. The molecule has 6 rings (SSSR count). The van der Waals surface area contributed by atoms with E-state index in [-0.39, 0.29) is 35.4 Å². The van der Waals surface area contributed by atoms with Crippen molar-refractivity contribution in [1.82, 2.24) is 0 Å². The third kappa shape index (κ3) is 2.03. The highest BCUT2D eigenvalue weighted by Gasteiger charge is 2.87. The van der Waals surface area contributed by atoms with Gasteiger partial charge < -0.3 is 9.39 Å². The normalized spacial score (nSPS) is 40.1. The number of epoxide rings is 1. The van der Waals surface area contributed by atoms with Crippen molar-refractivity contribution in [2.45, 2.75) is 75.7 Å². The molecule has 2 aliphatic heterocycles. The highest BCUT2D eigenvalue weighted by atomic mass is 19.3. The van der Waals surface area contributed by atoms with Gasteiger partial charge in [0.25, 0.3) is 5.92 Å². The number of rotatable bonds is 4. The van der Waals surface area contributed by atoms with E-state index in [2.05, 4.69) is 27.7 Å². The molecule has 1 aromatic rings. The van der Waals surface area contributed by atoms with E-state index in [1.54, 1.807) is 0 Å². The van der Waals surface area contributed by atoms with Gasteiger partial charge in [-0.15, -0.1) is 0 Å². The van der Waals surface area contributed by atoms with Gasteiger partial charge in [-0.25, -0.2) is 17.6 Å². The van der Waals surface area contributed by atoms with Gasteiger partial charge in [-0.2, -0.15) is 0 Å². The predicted molar refractivity (Wildman–Crippen MR) is 97.4 cm³/mol. The Balaban J connectivity index is 1.38. The standard InChI is InChI=1S/C21H25BF4O2/c1-16(2)11-22(28-17(16,3)4)19-8-18(9-19,10-19)21(25,26)20(12-27-20)14-6-5-13(23)7-15(14)24/h5-7H,8-12H2,1-4H3. The van der Waals surface area contributed by atoms with E-state index >= 15 is 8.78 Å². The Kier molecular flexibility index (Phi) is 3.36. The largest absolute Gasteiger partial charge is 0.430 e. The molecular weight excluding hydrogens is 371 g/mol. The minimum atomic E-state index is -3.20. The molecule has 0 amide bonds. The Morgan fingerprint density at radius 3 is 2.11 bits per heavy atom. The van der Waals surface area contributed by atoms with Crippen molar-refractivity contribution in [2.75, 3.05) is 6.61 Å². The van der Waals surface area contributed by atoms with E-state index in [4.69, 9.17) is 9.39 Å². The van der Waals surface area contributed by atoms with Crippen molar-refractivity contribution in [3.63, 3.8) is 0 Å². The second-order valence-electron chi connectivity index (χ2n) is 10.7. The van der Waals surface area contributed by atoms with Crippen molar-refractivity contribution >= 4 is 6.92 Å². The maximum absolute atomic E-state index is 15.6. The summed E-state index contributed by atoms with van der Waals surface area (Å²) in [6.45, 7) is 8.19. The minimum absolute atomic E-state index is 0.0131. The maximum Gasteiger partial charge on any atom is 0.300 e. The zero-order valence-electron chi connectivity index (χ0n) is 16.7. The zero-order valence-corrected chi connectivity index (χ0v) is 16.7. The van der Waals surface area contributed by atoms with E-state index in [1.165, 1.54) is 0 Å². The number of hydrogen-bond donors (Lipinski definition) is 0. The molecule has 0 radical (unpaired) electrons. The van der Waals surface area contributed by atoms with Gasteiger partial charge in [0, 0.05) is 17.0 Å². The average molecular weight is 396 g/mol. The van der Waals surface area contributed by atoms with Crippen LogP contribution in [0.3, 0.4) is 0 Å². The van der Waals surface area contributed by atoms with Crippen molar-refractivity contribution in [1.29, 1.82) is 0 Å². The summed E-state index contributed by atoms with van der Waals surface area (Å²) in [7, 11) is 0. The summed E-state index contributed by atoms with van der Waals surface area (Å²) >= 11 is 0. The molecule has 3 aliphatic carbocycles. The molecule has 1 unspecified atom stereocenters. The van der Waals surface area contributed by atoms with E-state index in [0.29, 0.717) is 25.3 Å². The van der Waals surface area contributed by atoms with Crippen LogP contribution in [0.15, 0.2) is 18.2 Å². The van der Waals surface area contributed by atoms with Crippen LogP contribution in [0.2, 0.25) is 11.6 Å². The molecule has 0 aromatic heterocycles. The van der Waals surface area contributed by atoms with E-state index in [1.807, 2.05) is 0 Å². The zero-order chi connectivity index (χ0) is 20.4. The number of benzene rings is 1. The van der Waals surface area contributed by atoms with Gasteiger partial charge in [-0.1, -0.05) is 13.8 Å². The summed E-state index contributed by atoms with van der Waals surface area (Å²) in [5.41, 5.74) is -3.68. The first-order valence-corrected chi connectivity index (χ1v) is 9.95. The molecule has 2 heterocycles. The lowest BCUT2D eigenvalue weighted by Crippen LogP contribution is -2.72. The lowest BCUT2D eigenvalue weighted by atomic mass is 9.17. The molecule has 3 saturated carbocycles. The molecule has 2 bridgehead atoms. The van der Waals surface area contributed by atoms with E-state index in [9.17, 15) is 8.78 Å². The SMILES string of the molecule is CC1(C)CB(C23CC(C(F)(F)C4(c5ccc(F)cc5F)CO4)(C2)C3)OC1(C)C. The summed E-state index contributed by atoms with van der Waals surface area (Å²) < 4.78 is 70.3. The van der Waals surface area contributed by atoms with Crippen LogP contribution in [-0.2, 0) is 15.0 Å².